The average molecular weight is 536 g/mol. The maximum Gasteiger partial charge on any atom is 0.418 e. The Morgan fingerprint density at radius 3 is 2.08 bits per heavy atom. The molecule has 2 aliphatic heterocycles. The molecule has 3 heterocycles. The molecule has 0 saturated carbocycles. The Hall–Kier alpha value is -4.67. The highest BCUT2D eigenvalue weighted by molar-refractivity contribution is 6.21. The Morgan fingerprint density at radius 2 is 1.44 bits per heavy atom. The third-order valence-electron chi connectivity index (χ3n) is 6.78. The molecule has 6 rings (SSSR count). The van der Waals surface area contributed by atoms with Gasteiger partial charge in [-0.2, -0.15) is 13.2 Å². The number of carbonyl (C=O) groups is 2. The van der Waals surface area contributed by atoms with Crippen LogP contribution in [0.3, 0.4) is 0 Å². The number of imide groups is 1. The minimum Gasteiger partial charge on any atom is -0.298 e. The van der Waals surface area contributed by atoms with Crippen LogP contribution in [0.5, 0.6) is 0 Å². The van der Waals surface area contributed by atoms with E-state index in [1.54, 1.807) is 12.1 Å². The molecule has 0 N–H and O–H groups in total. The first-order valence-electron chi connectivity index (χ1n) is 11.9. The molecule has 39 heavy (non-hydrogen) atoms. The number of para-hydroxylation sites is 1. The Kier molecular flexibility index (Phi) is 5.67. The van der Waals surface area contributed by atoms with Gasteiger partial charge in [-0.1, -0.05) is 30.3 Å². The van der Waals surface area contributed by atoms with Gasteiger partial charge in [-0.15, -0.1) is 0 Å². The Balaban J connectivity index is 1.46. The van der Waals surface area contributed by atoms with Gasteiger partial charge in [-0.3, -0.25) is 24.0 Å². The fraction of sp³-hybridized carbons (Fsp3) is 0.143. The van der Waals surface area contributed by atoms with Crippen LogP contribution in [0, 0.1) is 11.6 Å². The van der Waals surface area contributed by atoms with E-state index in [4.69, 9.17) is 0 Å². The standard InChI is InChI=1S/C28H17F5N4O2/c29-20-9-4-10-21(30)23(20)24-18-7-3-8-19(28(31,32)33)25(18)37-15(13-34-22(37)14-35-24)11-12-36-26(38)16-5-1-2-6-17(16)27(36)39/h1-10,13H,11-12,14H2. The molecule has 1 aromatic heterocycles. The molecular weight excluding hydrogens is 519 g/mol. The van der Waals surface area contributed by atoms with E-state index < -0.39 is 40.8 Å². The highest BCUT2D eigenvalue weighted by Crippen LogP contribution is 2.39. The van der Waals surface area contributed by atoms with Gasteiger partial charge in [0.1, 0.15) is 17.5 Å². The molecule has 2 aliphatic rings. The number of hydrogen-bond donors (Lipinski definition) is 0. The summed E-state index contributed by atoms with van der Waals surface area (Å²) in [6, 6.07) is 12.8. The number of rotatable bonds is 4. The lowest BCUT2D eigenvalue weighted by Crippen LogP contribution is -2.32. The minimum absolute atomic E-state index is 0.0203. The van der Waals surface area contributed by atoms with Crippen molar-refractivity contribution in [1.82, 2.24) is 14.5 Å². The van der Waals surface area contributed by atoms with Gasteiger partial charge in [-0.25, -0.2) is 13.8 Å². The molecule has 0 spiro atoms. The van der Waals surface area contributed by atoms with Crippen molar-refractivity contribution in [3.8, 4) is 5.69 Å². The van der Waals surface area contributed by atoms with Gasteiger partial charge < -0.3 is 0 Å². The molecule has 0 radical (unpaired) electrons. The molecular formula is C28H17F5N4O2. The van der Waals surface area contributed by atoms with E-state index >= 15 is 0 Å². The maximum absolute atomic E-state index is 14.8. The summed E-state index contributed by atoms with van der Waals surface area (Å²) in [5.74, 6) is -2.83. The third-order valence-corrected chi connectivity index (χ3v) is 6.78. The largest absolute Gasteiger partial charge is 0.418 e. The van der Waals surface area contributed by atoms with Crippen molar-refractivity contribution in [3.05, 3.63) is 118 Å². The number of benzene rings is 3. The number of imidazole rings is 1. The van der Waals surface area contributed by atoms with Gasteiger partial charge in [0.05, 0.1) is 40.2 Å². The summed E-state index contributed by atoms with van der Waals surface area (Å²) < 4.78 is 73.7. The molecule has 196 valence electrons. The molecule has 6 nitrogen and oxygen atoms in total. The zero-order chi connectivity index (χ0) is 27.5. The average Bonchev–Trinajstić information content (AvgIpc) is 3.35. The van der Waals surface area contributed by atoms with Crippen LogP contribution in [0.2, 0.25) is 0 Å². The maximum atomic E-state index is 14.8. The molecule has 2 amide bonds. The molecule has 0 saturated heterocycles. The molecule has 0 atom stereocenters. The number of hydrogen-bond acceptors (Lipinski definition) is 4. The topological polar surface area (TPSA) is 67.6 Å². The highest BCUT2D eigenvalue weighted by atomic mass is 19.4. The summed E-state index contributed by atoms with van der Waals surface area (Å²) >= 11 is 0. The molecule has 11 heteroatoms. The van der Waals surface area contributed by atoms with Crippen LogP contribution in [0.1, 0.15) is 48.9 Å². The number of halogens is 5. The van der Waals surface area contributed by atoms with Crippen LogP contribution in [0.4, 0.5) is 22.0 Å². The first kappa shape index (κ1) is 24.7. The van der Waals surface area contributed by atoms with Gasteiger partial charge >= 0.3 is 6.18 Å². The van der Waals surface area contributed by atoms with Crippen LogP contribution in [-0.4, -0.2) is 38.5 Å². The van der Waals surface area contributed by atoms with Crippen molar-refractivity contribution in [2.75, 3.05) is 6.54 Å². The predicted molar refractivity (Wildman–Crippen MR) is 130 cm³/mol. The van der Waals surface area contributed by atoms with Gasteiger partial charge in [0, 0.05) is 30.4 Å². The Morgan fingerprint density at radius 1 is 0.821 bits per heavy atom. The fourth-order valence-electron chi connectivity index (χ4n) is 5.04. The van der Waals surface area contributed by atoms with E-state index in [1.165, 1.54) is 29.0 Å². The van der Waals surface area contributed by atoms with Gasteiger partial charge in [0.25, 0.3) is 11.8 Å². The summed E-state index contributed by atoms with van der Waals surface area (Å²) in [5, 5.41) is 0. The van der Waals surface area contributed by atoms with Crippen molar-refractivity contribution >= 4 is 17.5 Å². The van der Waals surface area contributed by atoms with E-state index in [1.807, 2.05) is 0 Å². The second-order valence-corrected chi connectivity index (χ2v) is 9.02. The van der Waals surface area contributed by atoms with E-state index in [2.05, 4.69) is 9.98 Å². The summed E-state index contributed by atoms with van der Waals surface area (Å²) in [6.45, 7) is -0.376. The van der Waals surface area contributed by atoms with Crippen LogP contribution in [0.25, 0.3) is 5.69 Å². The Bertz CT molecular complexity index is 1650. The number of aliphatic imine (C=N–C) groups is 1. The smallest absolute Gasteiger partial charge is 0.298 e. The molecule has 3 aromatic carbocycles. The number of carbonyl (C=O) groups excluding carboxylic acids is 2. The van der Waals surface area contributed by atoms with Crippen LogP contribution in [0.15, 0.2) is 71.9 Å². The summed E-state index contributed by atoms with van der Waals surface area (Å²) in [7, 11) is 0. The van der Waals surface area contributed by atoms with Crippen molar-refractivity contribution in [1.29, 1.82) is 0 Å². The number of fused-ring (bicyclic) bond motifs is 4. The lowest BCUT2D eigenvalue weighted by Gasteiger charge is -2.21. The predicted octanol–water partition coefficient (Wildman–Crippen LogP) is 5.36. The zero-order valence-corrected chi connectivity index (χ0v) is 20.0. The lowest BCUT2D eigenvalue weighted by molar-refractivity contribution is -0.137. The molecule has 4 aromatic rings. The SMILES string of the molecule is O=C1c2ccccc2C(=O)N1CCc1cnc2n1-c1c(cccc1C(F)(F)F)C(c1c(F)cccc1F)=NC2. The quantitative estimate of drug-likeness (QED) is 0.261. The normalized spacial score (nSPS) is 14.6. The van der Waals surface area contributed by atoms with Crippen LogP contribution >= 0.6 is 0 Å². The summed E-state index contributed by atoms with van der Waals surface area (Å²) in [4.78, 5) is 35.2. The molecule has 0 unspecified atom stereocenters. The minimum atomic E-state index is -4.82. The molecule has 0 aliphatic carbocycles. The van der Waals surface area contributed by atoms with E-state index in [0.29, 0.717) is 0 Å². The monoisotopic (exact) mass is 536 g/mol. The van der Waals surface area contributed by atoms with Crippen molar-refractivity contribution in [2.45, 2.75) is 19.1 Å². The van der Waals surface area contributed by atoms with Crippen molar-refractivity contribution < 1.29 is 31.5 Å². The van der Waals surface area contributed by atoms with Crippen molar-refractivity contribution in [3.63, 3.8) is 0 Å². The number of amides is 2. The van der Waals surface area contributed by atoms with Gasteiger partial charge in [-0.05, 0) is 30.3 Å². The van der Waals surface area contributed by atoms with E-state index in [-0.39, 0.29) is 59.1 Å². The van der Waals surface area contributed by atoms with Gasteiger partial charge in [0.2, 0.25) is 0 Å². The number of alkyl halides is 3. The second-order valence-electron chi connectivity index (χ2n) is 9.02. The first-order valence-corrected chi connectivity index (χ1v) is 11.9. The second kappa shape index (κ2) is 8.97. The summed E-state index contributed by atoms with van der Waals surface area (Å²) in [5.41, 5.74) is -1.60. The van der Waals surface area contributed by atoms with Crippen LogP contribution < -0.4 is 0 Å². The molecule has 0 fully saturated rings. The lowest BCUT2D eigenvalue weighted by atomic mass is 9.96. The van der Waals surface area contributed by atoms with Crippen LogP contribution in [-0.2, 0) is 19.1 Å². The third kappa shape index (κ3) is 3.92. The highest BCUT2D eigenvalue weighted by Gasteiger charge is 2.39. The first-order chi connectivity index (χ1) is 18.7. The summed E-state index contributed by atoms with van der Waals surface area (Å²) in [6.07, 6.45) is -3.49. The van der Waals surface area contributed by atoms with Gasteiger partial charge in [0.15, 0.2) is 0 Å². The number of nitrogens with zero attached hydrogens (tertiary/aromatic N) is 4. The number of aromatic nitrogens is 2. The van der Waals surface area contributed by atoms with E-state index in [0.717, 1.165) is 35.2 Å². The van der Waals surface area contributed by atoms with Crippen molar-refractivity contribution in [2.24, 2.45) is 4.99 Å². The fourth-order valence-corrected chi connectivity index (χ4v) is 5.04. The zero-order valence-electron chi connectivity index (χ0n) is 20.0. The molecule has 0 bridgehead atoms. The van der Waals surface area contributed by atoms with E-state index in [9.17, 15) is 31.5 Å². The Labute approximate surface area is 218 Å².